The molecule has 39 heavy (non-hydrogen) atoms. The molecule has 8 nitrogen and oxygen atoms in total. The number of esters is 2. The highest BCUT2D eigenvalue weighted by molar-refractivity contribution is 5.72. The van der Waals surface area contributed by atoms with E-state index in [2.05, 4.69) is 33.8 Å². The van der Waals surface area contributed by atoms with Crippen molar-refractivity contribution in [3.8, 4) is 0 Å². The van der Waals surface area contributed by atoms with Gasteiger partial charge in [0.1, 0.15) is 6.10 Å². The molecule has 4 bridgehead atoms. The number of hydrogen-bond acceptors (Lipinski definition) is 8. The van der Waals surface area contributed by atoms with Crippen LogP contribution in [0.15, 0.2) is 34.7 Å². The maximum atomic E-state index is 13.1. The highest BCUT2D eigenvalue weighted by atomic mass is 16.6. The summed E-state index contributed by atoms with van der Waals surface area (Å²) in [5.41, 5.74) is 0.429. The first kappa shape index (κ1) is 27.0. The van der Waals surface area contributed by atoms with Crippen LogP contribution in [-0.2, 0) is 28.5 Å². The molecule has 2 saturated carbocycles. The van der Waals surface area contributed by atoms with Crippen LogP contribution in [0, 0.1) is 39.9 Å². The largest absolute Gasteiger partial charge is 0.472 e. The molecule has 0 amide bonds. The average Bonchev–Trinajstić information content (AvgIpc) is 3.44. The van der Waals surface area contributed by atoms with Gasteiger partial charge >= 0.3 is 11.9 Å². The Morgan fingerprint density at radius 1 is 1.23 bits per heavy atom. The van der Waals surface area contributed by atoms with E-state index in [1.807, 2.05) is 13.0 Å². The molecule has 0 spiro atoms. The Morgan fingerprint density at radius 3 is 2.67 bits per heavy atom. The van der Waals surface area contributed by atoms with Crippen molar-refractivity contribution in [1.29, 1.82) is 0 Å². The minimum atomic E-state index is -1.50. The molecule has 3 aliphatic carbocycles. The molecule has 0 aromatic carbocycles. The summed E-state index contributed by atoms with van der Waals surface area (Å²) in [6.45, 7) is 10.9. The SMILES string of the molecule is CCC(C)O[C@@H]1[C@@H]2C=C3[C@@H]4CC(=O)O[C@@H](c5ccoc5)[C@]4(C)CC[C@@H]3[C@]3(C)[C@@H](CC(=O)OC)[C@@]1(C)CO[C@]23O. The van der Waals surface area contributed by atoms with Gasteiger partial charge in [-0.2, -0.15) is 0 Å². The summed E-state index contributed by atoms with van der Waals surface area (Å²) in [5.74, 6) is -2.82. The summed E-state index contributed by atoms with van der Waals surface area (Å²) < 4.78 is 29.7. The molecule has 1 N–H and O–H groups in total. The van der Waals surface area contributed by atoms with Crippen molar-refractivity contribution < 1.29 is 38.1 Å². The van der Waals surface area contributed by atoms with Crippen LogP contribution in [-0.4, -0.2) is 48.8 Å². The normalized spacial score (nSPS) is 46.9. The lowest BCUT2D eigenvalue weighted by Gasteiger charge is -2.74. The van der Waals surface area contributed by atoms with E-state index in [0.29, 0.717) is 6.61 Å². The number of furan rings is 1. The van der Waals surface area contributed by atoms with Gasteiger partial charge in [0, 0.05) is 28.2 Å². The van der Waals surface area contributed by atoms with Crippen LogP contribution in [0.2, 0.25) is 0 Å². The standard InChI is InChI=1S/C31H42O8/c1-7-17(2)38-27-22-12-19-20(30(5)23(14-24(32)35-6)29(27,4)16-37-31(22,30)34)8-10-28(3)21(19)13-25(33)39-26(28)18-9-11-36-15-18/h9,11-12,15,17,20-23,26-27,34H,7-8,10,13-14,16H2,1-6H3/t17?,20-,21-,22-,23-,26-,27+,28+,29+,30+,31+/m0/s1. The van der Waals surface area contributed by atoms with Crippen LogP contribution < -0.4 is 0 Å². The molecule has 0 radical (unpaired) electrons. The summed E-state index contributed by atoms with van der Waals surface area (Å²) in [5, 5.41) is 12.5. The topological polar surface area (TPSA) is 104 Å². The van der Waals surface area contributed by atoms with Crippen LogP contribution in [0.25, 0.3) is 0 Å². The molecule has 8 heteroatoms. The molecule has 1 unspecified atom stereocenters. The van der Waals surface area contributed by atoms with E-state index >= 15 is 0 Å². The zero-order chi connectivity index (χ0) is 28.0. The average molecular weight is 543 g/mol. The number of methoxy groups -OCH3 is 1. The van der Waals surface area contributed by atoms with Crippen molar-refractivity contribution in [2.24, 2.45) is 39.9 Å². The van der Waals surface area contributed by atoms with Crippen LogP contribution in [0.3, 0.4) is 0 Å². The maximum Gasteiger partial charge on any atom is 0.307 e. The first-order chi connectivity index (χ1) is 18.4. The summed E-state index contributed by atoms with van der Waals surface area (Å²) in [6, 6.07) is 1.88. The molecule has 11 atom stereocenters. The van der Waals surface area contributed by atoms with E-state index in [-0.39, 0.29) is 60.2 Å². The molecule has 3 aliphatic heterocycles. The van der Waals surface area contributed by atoms with Crippen molar-refractivity contribution >= 4 is 11.9 Å². The van der Waals surface area contributed by atoms with Gasteiger partial charge in [0.25, 0.3) is 0 Å². The maximum absolute atomic E-state index is 13.1. The van der Waals surface area contributed by atoms with Gasteiger partial charge in [-0.3, -0.25) is 9.59 Å². The first-order valence-corrected chi connectivity index (χ1v) is 14.5. The Morgan fingerprint density at radius 2 is 2.00 bits per heavy atom. The lowest BCUT2D eigenvalue weighted by atomic mass is 9.37. The van der Waals surface area contributed by atoms with Crippen LogP contribution in [0.5, 0.6) is 0 Å². The number of cyclic esters (lactones) is 1. The molecule has 3 saturated heterocycles. The smallest absolute Gasteiger partial charge is 0.307 e. The fourth-order valence-electron chi connectivity index (χ4n) is 9.31. The van der Waals surface area contributed by atoms with Crippen molar-refractivity contribution in [2.75, 3.05) is 13.7 Å². The van der Waals surface area contributed by atoms with Gasteiger partial charge in [-0.15, -0.1) is 0 Å². The molecular formula is C31H42O8. The summed E-state index contributed by atoms with van der Waals surface area (Å²) in [4.78, 5) is 25.9. The minimum absolute atomic E-state index is 0.0253. The Hall–Kier alpha value is -2.16. The van der Waals surface area contributed by atoms with Crippen LogP contribution in [0.4, 0.5) is 0 Å². The Balaban J connectivity index is 1.51. The Bertz CT molecular complexity index is 1180. The number of carbonyl (C=O) groups is 2. The van der Waals surface area contributed by atoms with E-state index in [1.54, 1.807) is 12.5 Å². The third-order valence-corrected chi connectivity index (χ3v) is 11.6. The Labute approximate surface area is 230 Å². The molecule has 214 valence electrons. The predicted octanol–water partition coefficient (Wildman–Crippen LogP) is 4.96. The zero-order valence-electron chi connectivity index (χ0n) is 23.9. The van der Waals surface area contributed by atoms with Gasteiger partial charge in [0.05, 0.1) is 50.8 Å². The monoisotopic (exact) mass is 542 g/mol. The number of fused-ring (bicyclic) bond motifs is 4. The van der Waals surface area contributed by atoms with E-state index in [0.717, 1.165) is 24.8 Å². The second-order valence-electron chi connectivity index (χ2n) is 13.4. The quantitative estimate of drug-likeness (QED) is 0.397. The van der Waals surface area contributed by atoms with E-state index < -0.39 is 28.6 Å². The molecule has 6 aliphatic rings. The van der Waals surface area contributed by atoms with Gasteiger partial charge in [0.15, 0.2) is 5.79 Å². The fraction of sp³-hybridized carbons (Fsp3) is 0.742. The van der Waals surface area contributed by atoms with Crippen molar-refractivity contribution in [3.63, 3.8) is 0 Å². The van der Waals surface area contributed by atoms with Crippen LogP contribution >= 0.6 is 0 Å². The third-order valence-electron chi connectivity index (χ3n) is 11.6. The number of aliphatic hydroxyl groups is 1. The number of carbonyl (C=O) groups excluding carboxylic acids is 2. The zero-order valence-corrected chi connectivity index (χ0v) is 23.9. The molecule has 1 aromatic heterocycles. The second kappa shape index (κ2) is 8.92. The molecule has 4 heterocycles. The fourth-order valence-corrected chi connectivity index (χ4v) is 9.31. The number of rotatable bonds is 6. The summed E-state index contributed by atoms with van der Waals surface area (Å²) in [7, 11) is 1.41. The Kier molecular flexibility index (Phi) is 6.18. The van der Waals surface area contributed by atoms with Gasteiger partial charge in [-0.05, 0) is 50.0 Å². The summed E-state index contributed by atoms with van der Waals surface area (Å²) in [6.07, 6.45) is 7.56. The second-order valence-corrected chi connectivity index (χ2v) is 13.4. The van der Waals surface area contributed by atoms with E-state index in [1.165, 1.54) is 12.7 Å². The van der Waals surface area contributed by atoms with E-state index in [4.69, 9.17) is 23.4 Å². The van der Waals surface area contributed by atoms with E-state index in [9.17, 15) is 14.7 Å². The predicted molar refractivity (Wildman–Crippen MR) is 140 cm³/mol. The van der Waals surface area contributed by atoms with Crippen molar-refractivity contribution in [2.45, 2.75) is 90.8 Å². The highest BCUT2D eigenvalue weighted by Crippen LogP contribution is 2.74. The molecular weight excluding hydrogens is 500 g/mol. The first-order valence-electron chi connectivity index (χ1n) is 14.5. The van der Waals surface area contributed by atoms with Gasteiger partial charge in [-0.25, -0.2) is 0 Å². The summed E-state index contributed by atoms with van der Waals surface area (Å²) >= 11 is 0. The van der Waals surface area contributed by atoms with Crippen molar-refractivity contribution in [3.05, 3.63) is 35.8 Å². The lowest BCUT2D eigenvalue weighted by molar-refractivity contribution is -0.433. The van der Waals surface area contributed by atoms with Gasteiger partial charge in [-0.1, -0.05) is 39.3 Å². The number of allylic oxidation sites excluding steroid dienone is 1. The lowest BCUT2D eigenvalue weighted by Crippen LogP contribution is -2.80. The third kappa shape index (κ3) is 3.46. The van der Waals surface area contributed by atoms with Gasteiger partial charge < -0.3 is 28.5 Å². The number of ether oxygens (including phenoxy) is 4. The number of hydrogen-bond donors (Lipinski definition) is 1. The molecule has 5 fully saturated rings. The molecule has 7 rings (SSSR count). The van der Waals surface area contributed by atoms with Gasteiger partial charge in [0.2, 0.25) is 0 Å². The molecule has 1 aromatic rings. The highest BCUT2D eigenvalue weighted by Gasteiger charge is 2.78. The minimum Gasteiger partial charge on any atom is -0.472 e. The van der Waals surface area contributed by atoms with Crippen LogP contribution in [0.1, 0.15) is 78.4 Å². The van der Waals surface area contributed by atoms with Crippen molar-refractivity contribution in [1.82, 2.24) is 0 Å².